The lowest BCUT2D eigenvalue weighted by atomic mass is 9.52. The molecule has 0 atom stereocenters. The molecule has 0 aromatic carbocycles. The molecule has 1 heterocycles. The first-order valence-corrected chi connectivity index (χ1v) is 2.47. The van der Waals surface area contributed by atoms with Gasteiger partial charge < -0.3 is 4.74 Å². The number of hydrogen-bond acceptors (Lipinski definition) is 1. The fourth-order valence-corrected chi connectivity index (χ4v) is 0.652. The highest BCUT2D eigenvalue weighted by Gasteiger charge is 2.12. The molecule has 1 aliphatic heterocycles. The highest BCUT2D eigenvalue weighted by atomic mass is 16.5. The Morgan fingerprint density at radius 1 is 1.67 bits per heavy atom. The summed E-state index contributed by atoms with van der Waals surface area (Å²) in [6, 6.07) is 0. The van der Waals surface area contributed by atoms with Gasteiger partial charge in [0.05, 0.1) is 0 Å². The van der Waals surface area contributed by atoms with Gasteiger partial charge in [-0.1, -0.05) is 6.82 Å². The van der Waals surface area contributed by atoms with Crippen molar-refractivity contribution in [1.29, 1.82) is 0 Å². The molecule has 0 spiro atoms. The second kappa shape index (κ2) is 1.65. The number of hydrogen-bond donors (Lipinski definition) is 0. The largest absolute Gasteiger partial charge is 0.390 e. The third kappa shape index (κ3) is 0.746. The summed E-state index contributed by atoms with van der Waals surface area (Å²) in [6.45, 7) is 5.01. The molecule has 1 aliphatic rings. The van der Waals surface area contributed by atoms with Crippen LogP contribution in [0.15, 0.2) is 0 Å². The molecular formula is C4H9BO. The second-order valence-corrected chi connectivity index (χ2v) is 1.97. The molecule has 0 bridgehead atoms. The summed E-state index contributed by atoms with van der Waals surface area (Å²) in [5.74, 6) is 0. The Morgan fingerprint density at radius 3 is 2.67 bits per heavy atom. The Morgan fingerprint density at radius 2 is 2.50 bits per heavy atom. The third-order valence-corrected chi connectivity index (χ3v) is 1.16. The van der Waals surface area contributed by atoms with Gasteiger partial charge in [-0.3, -0.25) is 0 Å². The molecule has 0 radical (unpaired) electrons. The molecule has 1 nitrogen and oxygen atoms in total. The maximum atomic E-state index is 5.06. The fourth-order valence-electron chi connectivity index (χ4n) is 0.652. The molecule has 0 N–H and O–H groups in total. The van der Waals surface area contributed by atoms with Crippen molar-refractivity contribution in [3.63, 3.8) is 0 Å². The highest BCUT2D eigenvalue weighted by Crippen LogP contribution is 2.01. The first kappa shape index (κ1) is 4.19. The zero-order valence-electron chi connectivity index (χ0n) is 4.11. The average molecular weight is 83.9 g/mol. The normalized spacial score (nSPS) is 22.5. The molecule has 0 amide bonds. The van der Waals surface area contributed by atoms with Gasteiger partial charge in [-0.2, -0.15) is 0 Å². The van der Waals surface area contributed by atoms with Crippen LogP contribution in [0.3, 0.4) is 0 Å². The lowest BCUT2D eigenvalue weighted by molar-refractivity contribution is 0.214. The minimum Gasteiger partial charge on any atom is -0.390 e. The van der Waals surface area contributed by atoms with Crippen LogP contribution in [0.4, 0.5) is 0 Å². The molecule has 0 aromatic heterocycles. The van der Waals surface area contributed by atoms with Crippen molar-refractivity contribution in [2.75, 3.05) is 13.1 Å². The topological polar surface area (TPSA) is 9.23 Å². The van der Waals surface area contributed by atoms with Crippen LogP contribution in [0.25, 0.3) is 0 Å². The van der Waals surface area contributed by atoms with E-state index in [1.165, 1.54) is 6.32 Å². The molecule has 0 aromatic rings. The molecule has 2 heteroatoms. The second-order valence-electron chi connectivity index (χ2n) is 1.97. The molecule has 34 valence electrons. The van der Waals surface area contributed by atoms with E-state index in [0.717, 1.165) is 19.8 Å². The van der Waals surface area contributed by atoms with Crippen LogP contribution in [0.5, 0.6) is 0 Å². The average Bonchev–Trinajstić information content (AvgIpc) is 1.86. The van der Waals surface area contributed by atoms with Crippen LogP contribution in [0.2, 0.25) is 13.1 Å². The summed E-state index contributed by atoms with van der Waals surface area (Å²) < 4.78 is 5.06. The van der Waals surface area contributed by atoms with Gasteiger partial charge in [0, 0.05) is 13.1 Å². The van der Waals surface area contributed by atoms with Crippen molar-refractivity contribution in [1.82, 2.24) is 0 Å². The summed E-state index contributed by atoms with van der Waals surface area (Å²) in [5, 5.41) is 0. The van der Waals surface area contributed by atoms with Crippen LogP contribution >= 0.6 is 0 Å². The number of rotatable bonds is 0. The molecule has 1 saturated heterocycles. The SMILES string of the molecule is CB1CCOC1. The van der Waals surface area contributed by atoms with Crippen molar-refractivity contribution in [3.05, 3.63) is 0 Å². The smallest absolute Gasteiger partial charge is 0.170 e. The maximum Gasteiger partial charge on any atom is 0.170 e. The van der Waals surface area contributed by atoms with E-state index in [0.29, 0.717) is 0 Å². The van der Waals surface area contributed by atoms with Crippen molar-refractivity contribution in [2.45, 2.75) is 13.1 Å². The van der Waals surface area contributed by atoms with Crippen LogP contribution in [-0.4, -0.2) is 19.8 Å². The lowest BCUT2D eigenvalue weighted by Crippen LogP contribution is -2.03. The molecule has 1 rings (SSSR count). The van der Waals surface area contributed by atoms with Crippen molar-refractivity contribution in [2.24, 2.45) is 0 Å². The Bertz CT molecular complexity index is 40.8. The summed E-state index contributed by atoms with van der Waals surface area (Å²) >= 11 is 0. The summed E-state index contributed by atoms with van der Waals surface area (Å²) in [6.07, 6.45) is 1.26. The van der Waals surface area contributed by atoms with E-state index in [4.69, 9.17) is 4.74 Å². The van der Waals surface area contributed by atoms with Gasteiger partial charge in [0.1, 0.15) is 0 Å². The van der Waals surface area contributed by atoms with Crippen molar-refractivity contribution >= 4 is 6.71 Å². The van der Waals surface area contributed by atoms with Gasteiger partial charge in [-0.05, 0) is 6.32 Å². The fraction of sp³-hybridized carbons (Fsp3) is 1.00. The van der Waals surface area contributed by atoms with Gasteiger partial charge in [-0.25, -0.2) is 0 Å². The predicted molar refractivity (Wildman–Crippen MR) is 27.2 cm³/mol. The Hall–Kier alpha value is 0.0249. The van der Waals surface area contributed by atoms with Gasteiger partial charge in [0.2, 0.25) is 0 Å². The first-order valence-electron chi connectivity index (χ1n) is 2.47. The lowest BCUT2D eigenvalue weighted by Gasteiger charge is -1.83. The van der Waals surface area contributed by atoms with E-state index in [-0.39, 0.29) is 0 Å². The molecule has 6 heavy (non-hydrogen) atoms. The Labute approximate surface area is 38.8 Å². The van der Waals surface area contributed by atoms with E-state index in [9.17, 15) is 0 Å². The number of ether oxygens (including phenoxy) is 1. The van der Waals surface area contributed by atoms with E-state index in [1.54, 1.807) is 0 Å². The molecule has 0 saturated carbocycles. The zero-order valence-corrected chi connectivity index (χ0v) is 4.11. The van der Waals surface area contributed by atoms with Gasteiger partial charge in [0.15, 0.2) is 6.71 Å². The summed E-state index contributed by atoms with van der Waals surface area (Å²) in [7, 11) is 0. The minimum atomic E-state index is 0.824. The van der Waals surface area contributed by atoms with Crippen LogP contribution in [0.1, 0.15) is 0 Å². The van der Waals surface area contributed by atoms with Crippen LogP contribution in [-0.2, 0) is 4.74 Å². The maximum absolute atomic E-state index is 5.06. The van der Waals surface area contributed by atoms with Crippen molar-refractivity contribution < 1.29 is 4.74 Å². The van der Waals surface area contributed by atoms with E-state index >= 15 is 0 Å². The highest BCUT2D eigenvalue weighted by molar-refractivity contribution is 6.57. The first-order chi connectivity index (χ1) is 2.89. The van der Waals surface area contributed by atoms with Crippen LogP contribution < -0.4 is 0 Å². The van der Waals surface area contributed by atoms with E-state index in [2.05, 4.69) is 6.82 Å². The molecular weight excluding hydrogens is 74.9 g/mol. The van der Waals surface area contributed by atoms with E-state index in [1.807, 2.05) is 0 Å². The Balaban J connectivity index is 2.18. The van der Waals surface area contributed by atoms with Gasteiger partial charge >= 0.3 is 0 Å². The predicted octanol–water partition coefficient (Wildman–Crippen LogP) is 0.680. The van der Waals surface area contributed by atoms with Gasteiger partial charge in [0.25, 0.3) is 0 Å². The van der Waals surface area contributed by atoms with E-state index < -0.39 is 0 Å². The van der Waals surface area contributed by atoms with Crippen LogP contribution in [0, 0.1) is 0 Å². The summed E-state index contributed by atoms with van der Waals surface area (Å²) in [4.78, 5) is 0. The Kier molecular flexibility index (Phi) is 1.15. The zero-order chi connectivity index (χ0) is 4.41. The molecule has 0 unspecified atom stereocenters. The third-order valence-electron chi connectivity index (χ3n) is 1.16. The quantitative estimate of drug-likeness (QED) is 0.392. The minimum absolute atomic E-state index is 0.824. The van der Waals surface area contributed by atoms with Gasteiger partial charge in [-0.15, -0.1) is 0 Å². The summed E-state index contributed by atoms with van der Waals surface area (Å²) in [5.41, 5.74) is 0. The van der Waals surface area contributed by atoms with Crippen molar-refractivity contribution in [3.8, 4) is 0 Å². The standard InChI is InChI=1S/C4H9BO/c1-5-2-3-6-4-5/h2-4H2,1H3. The monoisotopic (exact) mass is 84.1 g/mol. The molecule has 0 aliphatic carbocycles. The molecule has 1 fully saturated rings.